The van der Waals surface area contributed by atoms with Crippen LogP contribution in [0.5, 0.6) is 0 Å². The highest BCUT2D eigenvalue weighted by Crippen LogP contribution is 2.11. The van der Waals surface area contributed by atoms with E-state index in [0.29, 0.717) is 5.92 Å². The summed E-state index contributed by atoms with van der Waals surface area (Å²) < 4.78 is 0. The van der Waals surface area contributed by atoms with Gasteiger partial charge in [-0.1, -0.05) is 18.6 Å². The van der Waals surface area contributed by atoms with E-state index in [-0.39, 0.29) is 0 Å². The van der Waals surface area contributed by atoms with Crippen LogP contribution in [0.25, 0.3) is 0 Å². The average Bonchev–Trinajstić information content (AvgIpc) is 2.56. The molecule has 0 aliphatic carbocycles. The second kappa shape index (κ2) is 5.63. The van der Waals surface area contributed by atoms with Gasteiger partial charge in [0.15, 0.2) is 0 Å². The molecule has 0 saturated carbocycles. The van der Waals surface area contributed by atoms with Crippen molar-refractivity contribution in [3.8, 4) is 0 Å². The Balaban J connectivity index is 2.23. The van der Waals surface area contributed by atoms with Crippen LogP contribution in [-0.4, -0.2) is 9.97 Å². The maximum absolute atomic E-state index is 4.23. The molecule has 0 aliphatic rings. The molecule has 1 rings (SSSR count). The fourth-order valence-electron chi connectivity index (χ4n) is 1.50. The summed E-state index contributed by atoms with van der Waals surface area (Å²) in [5, 5.41) is 0. The van der Waals surface area contributed by atoms with Gasteiger partial charge in [0, 0.05) is 18.8 Å². The van der Waals surface area contributed by atoms with Gasteiger partial charge in [0.1, 0.15) is 5.82 Å². The number of H-pyrrole nitrogens is 1. The third kappa shape index (κ3) is 4.26. The van der Waals surface area contributed by atoms with Crippen molar-refractivity contribution in [1.82, 2.24) is 9.97 Å². The van der Waals surface area contributed by atoms with Gasteiger partial charge < -0.3 is 4.98 Å². The van der Waals surface area contributed by atoms with Crippen LogP contribution in [0.3, 0.4) is 0 Å². The number of hydrogen-bond donors (Lipinski definition) is 1. The van der Waals surface area contributed by atoms with E-state index in [9.17, 15) is 0 Å². The lowest BCUT2D eigenvalue weighted by molar-refractivity contribution is 0.523. The molecule has 14 heavy (non-hydrogen) atoms. The number of hydrogen-bond acceptors (Lipinski definition) is 1. The molecular weight excluding hydrogens is 172 g/mol. The summed E-state index contributed by atoms with van der Waals surface area (Å²) >= 11 is 0. The van der Waals surface area contributed by atoms with Crippen molar-refractivity contribution < 1.29 is 0 Å². The number of rotatable bonds is 5. The highest BCUT2D eigenvalue weighted by atomic mass is 14.9. The number of allylic oxidation sites excluding steroid dienone is 2. The van der Waals surface area contributed by atoms with E-state index in [2.05, 4.69) is 36.8 Å². The molecule has 2 heteroatoms. The van der Waals surface area contributed by atoms with E-state index >= 15 is 0 Å². The van der Waals surface area contributed by atoms with E-state index in [0.717, 1.165) is 12.2 Å². The molecule has 0 spiro atoms. The Kier molecular flexibility index (Phi) is 4.44. The van der Waals surface area contributed by atoms with Crippen molar-refractivity contribution in [2.24, 2.45) is 5.92 Å². The molecule has 1 atom stereocenters. The maximum atomic E-state index is 4.23. The van der Waals surface area contributed by atoms with Gasteiger partial charge in [0.05, 0.1) is 0 Å². The molecule has 0 radical (unpaired) electrons. The van der Waals surface area contributed by atoms with Gasteiger partial charge in [-0.15, -0.1) is 0 Å². The zero-order valence-corrected chi connectivity index (χ0v) is 9.38. The average molecular weight is 192 g/mol. The Morgan fingerprint density at radius 2 is 2.36 bits per heavy atom. The van der Waals surface area contributed by atoms with Gasteiger partial charge in [-0.3, -0.25) is 0 Å². The first-order valence-electron chi connectivity index (χ1n) is 5.30. The fraction of sp³-hybridized carbons (Fsp3) is 0.583. The van der Waals surface area contributed by atoms with Gasteiger partial charge >= 0.3 is 0 Å². The molecule has 1 unspecified atom stereocenters. The highest BCUT2D eigenvalue weighted by molar-refractivity contribution is 4.94. The van der Waals surface area contributed by atoms with Crippen LogP contribution >= 0.6 is 0 Å². The molecule has 2 nitrogen and oxygen atoms in total. The van der Waals surface area contributed by atoms with E-state index in [1.165, 1.54) is 18.4 Å². The molecule has 0 aliphatic heterocycles. The maximum Gasteiger partial charge on any atom is 0.106 e. The van der Waals surface area contributed by atoms with Crippen LogP contribution in [0, 0.1) is 5.92 Å². The number of aromatic amines is 1. The largest absolute Gasteiger partial charge is 0.349 e. The predicted octanol–water partition coefficient (Wildman–Crippen LogP) is 3.33. The molecule has 0 aromatic carbocycles. The Hall–Kier alpha value is -1.05. The lowest BCUT2D eigenvalue weighted by atomic mass is 10.0. The SMILES string of the molecule is CC(C)=CCCC(C)Cc1ncc[nH]1. The van der Waals surface area contributed by atoms with Crippen molar-refractivity contribution in [3.05, 3.63) is 29.9 Å². The predicted molar refractivity (Wildman–Crippen MR) is 60.1 cm³/mol. The van der Waals surface area contributed by atoms with Gasteiger partial charge in [-0.2, -0.15) is 0 Å². The summed E-state index contributed by atoms with van der Waals surface area (Å²) in [5.74, 6) is 1.81. The first kappa shape index (κ1) is 11.0. The summed E-state index contributed by atoms with van der Waals surface area (Å²) in [5.41, 5.74) is 1.41. The molecule has 78 valence electrons. The third-order valence-corrected chi connectivity index (χ3v) is 2.31. The van der Waals surface area contributed by atoms with Crippen LogP contribution in [0.2, 0.25) is 0 Å². The van der Waals surface area contributed by atoms with Crippen molar-refractivity contribution >= 4 is 0 Å². The minimum absolute atomic E-state index is 0.705. The highest BCUT2D eigenvalue weighted by Gasteiger charge is 2.03. The smallest absolute Gasteiger partial charge is 0.106 e. The zero-order chi connectivity index (χ0) is 10.4. The van der Waals surface area contributed by atoms with E-state index < -0.39 is 0 Å². The van der Waals surface area contributed by atoms with Crippen LogP contribution in [0.15, 0.2) is 24.0 Å². The molecule has 0 saturated heterocycles. The van der Waals surface area contributed by atoms with Crippen LogP contribution in [0.1, 0.15) is 39.4 Å². The van der Waals surface area contributed by atoms with Gasteiger partial charge in [-0.25, -0.2) is 4.98 Å². The molecule has 0 amide bonds. The summed E-state index contributed by atoms with van der Waals surface area (Å²) in [6.45, 7) is 6.58. The number of nitrogens with zero attached hydrogens (tertiary/aromatic N) is 1. The lowest BCUT2D eigenvalue weighted by Crippen LogP contribution is -2.00. The quantitative estimate of drug-likeness (QED) is 0.712. The first-order valence-corrected chi connectivity index (χ1v) is 5.30. The Bertz CT molecular complexity index is 269. The standard InChI is InChI=1S/C12H20N2/c1-10(2)5-4-6-11(3)9-12-13-7-8-14-12/h5,7-8,11H,4,6,9H2,1-3H3,(H,13,14). The summed E-state index contributed by atoms with van der Waals surface area (Å²) in [6, 6.07) is 0. The molecule has 1 aromatic rings. The summed E-state index contributed by atoms with van der Waals surface area (Å²) in [7, 11) is 0. The van der Waals surface area contributed by atoms with Crippen molar-refractivity contribution in [1.29, 1.82) is 0 Å². The van der Waals surface area contributed by atoms with Crippen molar-refractivity contribution in [2.75, 3.05) is 0 Å². The van der Waals surface area contributed by atoms with Gasteiger partial charge in [-0.05, 0) is 32.6 Å². The van der Waals surface area contributed by atoms with Crippen molar-refractivity contribution in [2.45, 2.75) is 40.0 Å². The van der Waals surface area contributed by atoms with Crippen LogP contribution in [0.4, 0.5) is 0 Å². The molecular formula is C12H20N2. The van der Waals surface area contributed by atoms with Gasteiger partial charge in [0.25, 0.3) is 0 Å². The zero-order valence-electron chi connectivity index (χ0n) is 9.38. The minimum Gasteiger partial charge on any atom is -0.349 e. The number of nitrogens with one attached hydrogen (secondary N) is 1. The Morgan fingerprint density at radius 1 is 1.57 bits per heavy atom. The van der Waals surface area contributed by atoms with Gasteiger partial charge in [0.2, 0.25) is 0 Å². The minimum atomic E-state index is 0.705. The van der Waals surface area contributed by atoms with Crippen molar-refractivity contribution in [3.63, 3.8) is 0 Å². The molecule has 0 bridgehead atoms. The van der Waals surface area contributed by atoms with Crippen LogP contribution in [-0.2, 0) is 6.42 Å². The second-order valence-electron chi connectivity index (χ2n) is 4.20. The van der Waals surface area contributed by atoms with Crippen LogP contribution < -0.4 is 0 Å². The molecule has 1 aromatic heterocycles. The van der Waals surface area contributed by atoms with E-state index in [4.69, 9.17) is 0 Å². The number of aromatic nitrogens is 2. The van der Waals surface area contributed by atoms with E-state index in [1.54, 1.807) is 0 Å². The monoisotopic (exact) mass is 192 g/mol. The second-order valence-corrected chi connectivity index (χ2v) is 4.20. The topological polar surface area (TPSA) is 28.7 Å². The Labute approximate surface area is 86.5 Å². The summed E-state index contributed by atoms with van der Waals surface area (Å²) in [4.78, 5) is 7.37. The normalized spacial score (nSPS) is 12.5. The third-order valence-electron chi connectivity index (χ3n) is 2.31. The summed E-state index contributed by atoms with van der Waals surface area (Å²) in [6.07, 6.45) is 9.49. The molecule has 1 N–H and O–H groups in total. The molecule has 0 fully saturated rings. The molecule has 1 heterocycles. The number of imidazole rings is 1. The first-order chi connectivity index (χ1) is 6.68. The van der Waals surface area contributed by atoms with E-state index in [1.807, 2.05) is 12.4 Å². The Morgan fingerprint density at radius 3 is 2.93 bits per heavy atom. The fourth-order valence-corrected chi connectivity index (χ4v) is 1.50. The lowest BCUT2D eigenvalue weighted by Gasteiger charge is -2.07.